The van der Waals surface area contributed by atoms with Gasteiger partial charge in [-0.2, -0.15) is 0 Å². The molecule has 0 spiro atoms. The first-order chi connectivity index (χ1) is 13.0. The van der Waals surface area contributed by atoms with E-state index in [0.717, 1.165) is 0 Å². The van der Waals surface area contributed by atoms with Gasteiger partial charge in [-0.1, -0.05) is 27.7 Å². The van der Waals surface area contributed by atoms with Crippen LogP contribution in [0.25, 0.3) is 0 Å². The molecule has 1 rings (SSSR count). The lowest BCUT2D eigenvalue weighted by molar-refractivity contribution is -0.141. The molecule has 1 aromatic rings. The third kappa shape index (κ3) is 7.14. The molecule has 0 saturated carbocycles. The third-order valence-electron chi connectivity index (χ3n) is 3.84. The minimum Gasteiger partial charge on any atom is -0.480 e. The summed E-state index contributed by atoms with van der Waals surface area (Å²) < 4.78 is 0. The highest BCUT2D eigenvalue weighted by Gasteiger charge is 2.24. The summed E-state index contributed by atoms with van der Waals surface area (Å²) in [6.07, 6.45) is 0. The Balaban J connectivity index is 2.63. The molecular formula is C18H26N4O6. The zero-order valence-electron chi connectivity index (χ0n) is 16.1. The summed E-state index contributed by atoms with van der Waals surface area (Å²) in [4.78, 5) is 46.1. The Morgan fingerprint density at radius 3 is 1.18 bits per heavy atom. The summed E-state index contributed by atoms with van der Waals surface area (Å²) in [7, 11) is 0. The van der Waals surface area contributed by atoms with Crippen molar-refractivity contribution in [3.63, 3.8) is 0 Å². The highest BCUT2D eigenvalue weighted by atomic mass is 16.4. The van der Waals surface area contributed by atoms with E-state index in [1.807, 2.05) is 0 Å². The van der Waals surface area contributed by atoms with Gasteiger partial charge in [0.1, 0.15) is 12.1 Å². The first kappa shape index (κ1) is 22.7. The van der Waals surface area contributed by atoms with Gasteiger partial charge < -0.3 is 31.5 Å². The summed E-state index contributed by atoms with van der Waals surface area (Å²) in [6.45, 7) is 6.72. The van der Waals surface area contributed by atoms with Gasteiger partial charge in [0, 0.05) is 11.4 Å². The maximum absolute atomic E-state index is 11.9. The van der Waals surface area contributed by atoms with E-state index >= 15 is 0 Å². The predicted octanol–water partition coefficient (Wildman–Crippen LogP) is 2.15. The zero-order chi connectivity index (χ0) is 21.4. The Hall–Kier alpha value is -3.30. The van der Waals surface area contributed by atoms with Crippen LogP contribution in [0.4, 0.5) is 21.0 Å². The van der Waals surface area contributed by atoms with Crippen molar-refractivity contribution in [2.24, 2.45) is 11.8 Å². The molecule has 154 valence electrons. The Morgan fingerprint density at radius 1 is 0.679 bits per heavy atom. The average molecular weight is 394 g/mol. The SMILES string of the molecule is CC(C)[C@H](NC(=O)Nc1ccc(NC(=O)N[C@H](C(=O)O)C(C)C)cc1)C(=O)O. The maximum Gasteiger partial charge on any atom is 0.326 e. The summed E-state index contributed by atoms with van der Waals surface area (Å²) in [6, 6.07) is 2.67. The number of aliphatic carboxylic acids is 2. The van der Waals surface area contributed by atoms with Gasteiger partial charge in [-0.05, 0) is 36.1 Å². The van der Waals surface area contributed by atoms with Gasteiger partial charge in [0.15, 0.2) is 0 Å². The molecule has 0 aromatic heterocycles. The first-order valence-corrected chi connectivity index (χ1v) is 8.72. The van der Waals surface area contributed by atoms with E-state index in [1.165, 1.54) is 24.3 Å². The van der Waals surface area contributed by atoms with E-state index < -0.39 is 36.1 Å². The summed E-state index contributed by atoms with van der Waals surface area (Å²) in [5, 5.41) is 27.9. The van der Waals surface area contributed by atoms with E-state index in [9.17, 15) is 19.2 Å². The van der Waals surface area contributed by atoms with Crippen molar-refractivity contribution < 1.29 is 29.4 Å². The maximum atomic E-state index is 11.9. The molecule has 2 atom stereocenters. The Bertz CT molecular complexity index is 656. The van der Waals surface area contributed by atoms with Gasteiger partial charge in [0.2, 0.25) is 0 Å². The van der Waals surface area contributed by atoms with Gasteiger partial charge in [-0.3, -0.25) is 0 Å². The lowest BCUT2D eigenvalue weighted by Crippen LogP contribution is -2.46. The molecule has 0 unspecified atom stereocenters. The Morgan fingerprint density at radius 2 is 0.964 bits per heavy atom. The second-order valence-electron chi connectivity index (χ2n) is 6.89. The van der Waals surface area contributed by atoms with Gasteiger partial charge in [-0.25, -0.2) is 19.2 Å². The molecule has 6 N–H and O–H groups in total. The molecule has 4 amide bonds. The van der Waals surface area contributed by atoms with Crippen molar-refractivity contribution in [2.45, 2.75) is 39.8 Å². The second kappa shape index (κ2) is 10.1. The van der Waals surface area contributed by atoms with Crippen LogP contribution < -0.4 is 21.3 Å². The number of benzene rings is 1. The van der Waals surface area contributed by atoms with E-state index in [1.54, 1.807) is 27.7 Å². The standard InChI is InChI=1S/C18H26N4O6/c1-9(2)13(15(23)24)21-17(27)19-11-5-7-12(8-6-11)20-18(28)22-14(10(3)4)16(25)26/h5-10,13-14H,1-4H3,(H,23,24)(H,25,26)(H2,19,21,27)(H2,20,22,28)/t13-,14-/m0/s1. The monoisotopic (exact) mass is 394 g/mol. The number of rotatable bonds is 8. The van der Waals surface area contributed by atoms with Crippen LogP contribution in [0.1, 0.15) is 27.7 Å². The number of carboxylic acids is 2. The molecule has 0 radical (unpaired) electrons. The molecule has 1 aromatic carbocycles. The second-order valence-corrected chi connectivity index (χ2v) is 6.89. The predicted molar refractivity (Wildman–Crippen MR) is 103 cm³/mol. The average Bonchev–Trinajstić information content (AvgIpc) is 2.58. The number of carbonyl (C=O) groups excluding carboxylic acids is 2. The van der Waals surface area contributed by atoms with Crippen molar-refractivity contribution in [1.82, 2.24) is 10.6 Å². The summed E-state index contributed by atoms with van der Waals surface area (Å²) >= 11 is 0. The normalized spacial score (nSPS) is 12.8. The van der Waals surface area contributed by atoms with Crippen LogP contribution >= 0.6 is 0 Å². The van der Waals surface area contributed by atoms with E-state index in [4.69, 9.17) is 10.2 Å². The largest absolute Gasteiger partial charge is 0.480 e. The molecule has 10 nitrogen and oxygen atoms in total. The lowest BCUT2D eigenvalue weighted by atomic mass is 10.1. The van der Waals surface area contributed by atoms with Crippen LogP contribution in [0.3, 0.4) is 0 Å². The minimum atomic E-state index is -1.13. The topological polar surface area (TPSA) is 157 Å². The van der Waals surface area contributed by atoms with Crippen molar-refractivity contribution >= 4 is 35.4 Å². The number of carboxylic acid groups (broad SMARTS) is 2. The fourth-order valence-electron chi connectivity index (χ4n) is 2.28. The number of urea groups is 2. The number of anilines is 2. The summed E-state index contributed by atoms with van der Waals surface area (Å²) in [5.74, 6) is -2.82. The Labute approximate surface area is 162 Å². The van der Waals surface area contributed by atoms with Crippen molar-refractivity contribution in [2.75, 3.05) is 10.6 Å². The molecule has 10 heteroatoms. The van der Waals surface area contributed by atoms with Crippen LogP contribution in [0, 0.1) is 11.8 Å². The lowest BCUT2D eigenvalue weighted by Gasteiger charge is -2.19. The number of nitrogens with one attached hydrogen (secondary N) is 4. The Kier molecular flexibility index (Phi) is 8.24. The van der Waals surface area contributed by atoms with E-state index in [-0.39, 0.29) is 11.8 Å². The molecule has 0 aliphatic carbocycles. The quantitative estimate of drug-likeness (QED) is 0.396. The fraction of sp³-hybridized carbons (Fsp3) is 0.444. The van der Waals surface area contributed by atoms with Crippen molar-refractivity contribution in [3.05, 3.63) is 24.3 Å². The molecule has 0 bridgehead atoms. The van der Waals surface area contributed by atoms with Crippen LogP contribution in [0.15, 0.2) is 24.3 Å². The molecule has 28 heavy (non-hydrogen) atoms. The van der Waals surface area contributed by atoms with Crippen LogP contribution in [-0.4, -0.2) is 46.3 Å². The summed E-state index contributed by atoms with van der Waals surface area (Å²) in [5.41, 5.74) is 0.781. The van der Waals surface area contributed by atoms with Crippen LogP contribution in [0.5, 0.6) is 0 Å². The minimum absolute atomic E-state index is 0.284. The highest BCUT2D eigenvalue weighted by Crippen LogP contribution is 2.14. The van der Waals surface area contributed by atoms with E-state index in [2.05, 4.69) is 21.3 Å². The van der Waals surface area contributed by atoms with Crippen LogP contribution in [0.2, 0.25) is 0 Å². The number of hydrogen-bond donors (Lipinski definition) is 6. The number of hydrogen-bond acceptors (Lipinski definition) is 4. The molecule has 0 aliphatic heterocycles. The smallest absolute Gasteiger partial charge is 0.326 e. The molecule has 0 aliphatic rings. The van der Waals surface area contributed by atoms with Gasteiger partial charge in [0.05, 0.1) is 0 Å². The molecule has 0 heterocycles. The van der Waals surface area contributed by atoms with Crippen molar-refractivity contribution in [1.29, 1.82) is 0 Å². The van der Waals surface area contributed by atoms with E-state index in [0.29, 0.717) is 11.4 Å². The van der Waals surface area contributed by atoms with Crippen molar-refractivity contribution in [3.8, 4) is 0 Å². The molecule has 0 saturated heterocycles. The van der Waals surface area contributed by atoms with Gasteiger partial charge in [0.25, 0.3) is 0 Å². The molecular weight excluding hydrogens is 368 g/mol. The fourth-order valence-corrected chi connectivity index (χ4v) is 2.28. The highest BCUT2D eigenvalue weighted by molar-refractivity contribution is 5.94. The van der Waals surface area contributed by atoms with Crippen LogP contribution in [-0.2, 0) is 9.59 Å². The third-order valence-corrected chi connectivity index (χ3v) is 3.84. The van der Waals surface area contributed by atoms with Gasteiger partial charge >= 0.3 is 24.0 Å². The number of carbonyl (C=O) groups is 4. The first-order valence-electron chi connectivity index (χ1n) is 8.72. The molecule has 0 fully saturated rings. The number of amides is 4. The van der Waals surface area contributed by atoms with Gasteiger partial charge in [-0.15, -0.1) is 0 Å². The zero-order valence-corrected chi connectivity index (χ0v) is 16.1.